The number of benzene rings is 1. The van der Waals surface area contributed by atoms with E-state index in [1.54, 1.807) is 25.1 Å². The lowest BCUT2D eigenvalue weighted by atomic mass is 9.98. The van der Waals surface area contributed by atoms with Crippen molar-refractivity contribution in [2.45, 2.75) is 25.0 Å². The van der Waals surface area contributed by atoms with E-state index in [-0.39, 0.29) is 12.5 Å². The lowest BCUT2D eigenvalue weighted by Crippen LogP contribution is -2.51. The van der Waals surface area contributed by atoms with E-state index >= 15 is 0 Å². The van der Waals surface area contributed by atoms with E-state index in [9.17, 15) is 9.90 Å². The molecule has 5 nitrogen and oxygen atoms in total. The van der Waals surface area contributed by atoms with Gasteiger partial charge in [-0.1, -0.05) is 18.2 Å². The molecule has 0 aliphatic carbocycles. The van der Waals surface area contributed by atoms with Crippen molar-refractivity contribution in [2.75, 3.05) is 18.5 Å². The van der Waals surface area contributed by atoms with Gasteiger partial charge in [-0.15, -0.1) is 0 Å². The zero-order chi connectivity index (χ0) is 13.2. The third-order valence-electron chi connectivity index (χ3n) is 3.16. The van der Waals surface area contributed by atoms with Crippen LogP contribution < -0.4 is 11.1 Å². The first kappa shape index (κ1) is 13.0. The molecular weight excluding hydrogens is 232 g/mol. The molecule has 0 radical (unpaired) electrons. The first-order valence-corrected chi connectivity index (χ1v) is 5.98. The summed E-state index contributed by atoms with van der Waals surface area (Å²) in [5.41, 5.74) is 6.28. The molecule has 0 aromatic heterocycles. The number of hydrogen-bond acceptors (Lipinski definition) is 4. The highest BCUT2D eigenvalue weighted by Gasteiger charge is 2.38. The van der Waals surface area contributed by atoms with Crippen molar-refractivity contribution in [3.8, 4) is 0 Å². The minimum absolute atomic E-state index is 0.232. The van der Waals surface area contributed by atoms with Crippen molar-refractivity contribution in [1.82, 2.24) is 0 Å². The number of anilines is 1. The van der Waals surface area contributed by atoms with Gasteiger partial charge >= 0.3 is 0 Å². The topological polar surface area (TPSA) is 84.6 Å². The molecule has 1 amide bonds. The number of para-hydroxylation sites is 1. The summed E-state index contributed by atoms with van der Waals surface area (Å²) in [5, 5.41) is 12.4. The van der Waals surface area contributed by atoms with E-state index in [0.717, 1.165) is 0 Å². The summed E-state index contributed by atoms with van der Waals surface area (Å²) in [6.07, 6.45) is -0.134. The first-order chi connectivity index (χ1) is 8.53. The predicted molar refractivity (Wildman–Crippen MR) is 68.1 cm³/mol. The van der Waals surface area contributed by atoms with Crippen LogP contribution in [0.5, 0.6) is 0 Å². The third-order valence-corrected chi connectivity index (χ3v) is 3.16. The van der Waals surface area contributed by atoms with Crippen LogP contribution >= 0.6 is 0 Å². The molecule has 1 aromatic carbocycles. The molecule has 0 saturated carbocycles. The van der Waals surface area contributed by atoms with Crippen LogP contribution in [0, 0.1) is 0 Å². The van der Waals surface area contributed by atoms with Crippen molar-refractivity contribution in [2.24, 2.45) is 5.73 Å². The quantitative estimate of drug-likeness (QED) is 0.740. The van der Waals surface area contributed by atoms with Gasteiger partial charge in [0.25, 0.3) is 0 Å². The van der Waals surface area contributed by atoms with E-state index in [4.69, 9.17) is 10.5 Å². The smallest absolute Gasteiger partial charge is 0.246 e. The Kier molecular flexibility index (Phi) is 3.65. The van der Waals surface area contributed by atoms with Gasteiger partial charge in [0.1, 0.15) is 5.54 Å². The zero-order valence-electron chi connectivity index (χ0n) is 10.3. The standard InChI is InChI=1S/C13H18N2O3/c1-9(16)10-4-2-3-5-11(10)15-12(17)13(14)6-7-18-8-13/h2-5,9,16H,6-8,14H2,1H3,(H,15,17). The Morgan fingerprint density at radius 2 is 2.28 bits per heavy atom. The SMILES string of the molecule is CC(O)c1ccccc1NC(=O)C1(N)CCOC1. The molecule has 18 heavy (non-hydrogen) atoms. The summed E-state index contributed by atoms with van der Waals surface area (Å²) >= 11 is 0. The van der Waals surface area contributed by atoms with Gasteiger partial charge in [-0.25, -0.2) is 0 Å². The van der Waals surface area contributed by atoms with E-state index in [2.05, 4.69) is 5.32 Å². The molecule has 1 aliphatic heterocycles. The highest BCUT2D eigenvalue weighted by Crippen LogP contribution is 2.24. The van der Waals surface area contributed by atoms with Crippen molar-refractivity contribution in [3.63, 3.8) is 0 Å². The van der Waals surface area contributed by atoms with Crippen LogP contribution in [0.15, 0.2) is 24.3 Å². The Morgan fingerprint density at radius 3 is 2.89 bits per heavy atom. The van der Waals surface area contributed by atoms with Gasteiger partial charge in [-0.3, -0.25) is 4.79 Å². The Morgan fingerprint density at radius 1 is 1.56 bits per heavy atom. The van der Waals surface area contributed by atoms with Crippen LogP contribution in [-0.2, 0) is 9.53 Å². The van der Waals surface area contributed by atoms with E-state index in [1.165, 1.54) is 0 Å². The van der Waals surface area contributed by atoms with Crippen LogP contribution in [0.2, 0.25) is 0 Å². The summed E-state index contributed by atoms with van der Waals surface area (Å²) < 4.78 is 5.16. The van der Waals surface area contributed by atoms with Gasteiger partial charge < -0.3 is 20.9 Å². The third kappa shape index (κ3) is 2.53. The molecule has 2 rings (SSSR count). The Bertz CT molecular complexity index is 440. The van der Waals surface area contributed by atoms with Crippen LogP contribution in [0.25, 0.3) is 0 Å². The van der Waals surface area contributed by atoms with Crippen molar-refractivity contribution in [1.29, 1.82) is 0 Å². The molecule has 0 bridgehead atoms. The molecule has 1 fully saturated rings. The number of ether oxygens (including phenoxy) is 1. The largest absolute Gasteiger partial charge is 0.389 e. The summed E-state index contributed by atoms with van der Waals surface area (Å²) in [5.74, 6) is -0.270. The number of nitrogens with one attached hydrogen (secondary N) is 1. The summed E-state index contributed by atoms with van der Waals surface area (Å²) in [6.45, 7) is 2.39. The van der Waals surface area contributed by atoms with Gasteiger partial charge in [0, 0.05) is 17.9 Å². The number of aliphatic hydroxyl groups excluding tert-OH is 1. The number of amides is 1. The van der Waals surface area contributed by atoms with Crippen LogP contribution in [0.1, 0.15) is 25.0 Å². The number of nitrogens with two attached hydrogens (primary N) is 1. The molecule has 1 heterocycles. The molecule has 4 N–H and O–H groups in total. The lowest BCUT2D eigenvalue weighted by molar-refractivity contribution is -0.121. The molecule has 2 atom stereocenters. The average molecular weight is 250 g/mol. The molecule has 0 spiro atoms. The van der Waals surface area contributed by atoms with Crippen LogP contribution in [0.3, 0.4) is 0 Å². The fourth-order valence-corrected chi connectivity index (χ4v) is 1.98. The summed E-state index contributed by atoms with van der Waals surface area (Å²) in [7, 11) is 0. The summed E-state index contributed by atoms with van der Waals surface area (Å²) in [6, 6.07) is 7.14. The van der Waals surface area contributed by atoms with E-state index in [1.807, 2.05) is 6.07 Å². The minimum Gasteiger partial charge on any atom is -0.389 e. The highest BCUT2D eigenvalue weighted by atomic mass is 16.5. The molecule has 5 heteroatoms. The molecule has 1 aromatic rings. The molecule has 2 unspecified atom stereocenters. The van der Waals surface area contributed by atoms with Gasteiger partial charge in [0.2, 0.25) is 5.91 Å². The Balaban J connectivity index is 2.16. The second-order valence-corrected chi connectivity index (χ2v) is 4.68. The van der Waals surface area contributed by atoms with Crippen molar-refractivity contribution >= 4 is 11.6 Å². The van der Waals surface area contributed by atoms with Gasteiger partial charge in [0.05, 0.1) is 12.7 Å². The minimum atomic E-state index is -0.966. The number of aliphatic hydroxyl groups is 1. The average Bonchev–Trinajstić information content (AvgIpc) is 2.78. The molecular formula is C13H18N2O3. The van der Waals surface area contributed by atoms with Crippen LogP contribution in [-0.4, -0.2) is 29.8 Å². The molecule has 1 saturated heterocycles. The normalized spacial score (nSPS) is 24.8. The van der Waals surface area contributed by atoms with Crippen LogP contribution in [0.4, 0.5) is 5.69 Å². The van der Waals surface area contributed by atoms with Gasteiger partial charge in [-0.2, -0.15) is 0 Å². The zero-order valence-corrected chi connectivity index (χ0v) is 10.3. The number of carbonyl (C=O) groups excluding carboxylic acids is 1. The number of hydrogen-bond donors (Lipinski definition) is 3. The first-order valence-electron chi connectivity index (χ1n) is 5.98. The van der Waals surface area contributed by atoms with E-state index < -0.39 is 11.6 Å². The molecule has 1 aliphatic rings. The second kappa shape index (κ2) is 5.06. The second-order valence-electron chi connectivity index (χ2n) is 4.68. The maximum atomic E-state index is 12.1. The predicted octanol–water partition coefficient (Wildman–Crippen LogP) is 0.796. The fourth-order valence-electron chi connectivity index (χ4n) is 1.98. The van der Waals surface area contributed by atoms with Gasteiger partial charge in [-0.05, 0) is 19.4 Å². The van der Waals surface area contributed by atoms with Crippen molar-refractivity contribution < 1.29 is 14.6 Å². The molecule has 98 valence electrons. The lowest BCUT2D eigenvalue weighted by Gasteiger charge is -2.22. The van der Waals surface area contributed by atoms with E-state index in [0.29, 0.717) is 24.3 Å². The fraction of sp³-hybridized carbons (Fsp3) is 0.462. The summed E-state index contributed by atoms with van der Waals surface area (Å²) in [4.78, 5) is 12.1. The Hall–Kier alpha value is -1.43. The van der Waals surface area contributed by atoms with Gasteiger partial charge in [0.15, 0.2) is 0 Å². The number of rotatable bonds is 3. The monoisotopic (exact) mass is 250 g/mol. The maximum Gasteiger partial charge on any atom is 0.246 e. The number of carbonyl (C=O) groups is 1. The van der Waals surface area contributed by atoms with Crippen molar-refractivity contribution in [3.05, 3.63) is 29.8 Å². The highest BCUT2D eigenvalue weighted by molar-refractivity contribution is 5.98. The maximum absolute atomic E-state index is 12.1. The Labute approximate surface area is 106 Å².